The minimum Gasteiger partial charge on any atom is -0.371 e. The zero-order chi connectivity index (χ0) is 13.8. The molecule has 1 aromatic carbocycles. The highest BCUT2D eigenvalue weighted by Gasteiger charge is 2.30. The third kappa shape index (κ3) is 4.87. The number of ketones is 1. The number of rotatable bonds is 5. The van der Waals surface area contributed by atoms with Crippen molar-refractivity contribution in [1.82, 2.24) is 0 Å². The Morgan fingerprint density at radius 3 is 2.56 bits per heavy atom. The van der Waals surface area contributed by atoms with Crippen LogP contribution in [0.2, 0.25) is 0 Å². The zero-order valence-corrected chi connectivity index (χ0v) is 10.3. The van der Waals surface area contributed by atoms with Crippen LogP contribution in [0.3, 0.4) is 0 Å². The van der Waals surface area contributed by atoms with Gasteiger partial charge in [0, 0.05) is 6.42 Å². The van der Waals surface area contributed by atoms with Crippen molar-refractivity contribution in [2.75, 3.05) is 6.61 Å². The molecule has 0 saturated heterocycles. The van der Waals surface area contributed by atoms with Crippen molar-refractivity contribution in [3.05, 3.63) is 35.4 Å². The molecule has 100 valence electrons. The molecule has 18 heavy (non-hydrogen) atoms. The van der Waals surface area contributed by atoms with E-state index in [2.05, 4.69) is 0 Å². The summed E-state index contributed by atoms with van der Waals surface area (Å²) in [5, 5.41) is 0. The summed E-state index contributed by atoms with van der Waals surface area (Å²) >= 11 is 0. The summed E-state index contributed by atoms with van der Waals surface area (Å²) in [6.45, 7) is 3.50. The largest absolute Gasteiger partial charge is 0.416 e. The Morgan fingerprint density at radius 1 is 1.33 bits per heavy atom. The third-order valence-electron chi connectivity index (χ3n) is 2.23. The van der Waals surface area contributed by atoms with E-state index in [1.54, 1.807) is 13.8 Å². The predicted molar refractivity (Wildman–Crippen MR) is 61.2 cm³/mol. The molecule has 5 heteroatoms. The highest BCUT2D eigenvalue weighted by Crippen LogP contribution is 2.29. The molecule has 1 rings (SSSR count). The molecule has 2 nitrogen and oxygen atoms in total. The quantitative estimate of drug-likeness (QED) is 0.812. The molecule has 0 saturated carbocycles. The fourth-order valence-electron chi connectivity index (χ4n) is 1.40. The molecular weight excluding hydrogens is 245 g/mol. The fourth-order valence-corrected chi connectivity index (χ4v) is 1.40. The van der Waals surface area contributed by atoms with Gasteiger partial charge in [0.05, 0.1) is 11.7 Å². The zero-order valence-electron chi connectivity index (χ0n) is 10.3. The summed E-state index contributed by atoms with van der Waals surface area (Å²) in [6, 6.07) is 4.78. The molecule has 0 fully saturated rings. The monoisotopic (exact) mass is 260 g/mol. The normalized spacial score (nSPS) is 11.9. The van der Waals surface area contributed by atoms with Gasteiger partial charge >= 0.3 is 6.18 Å². The van der Waals surface area contributed by atoms with Crippen LogP contribution in [0.25, 0.3) is 0 Å². The fraction of sp³-hybridized carbons (Fsp3) is 0.462. The predicted octanol–water partition coefficient (Wildman–Crippen LogP) is 3.24. The van der Waals surface area contributed by atoms with E-state index in [0.29, 0.717) is 5.56 Å². The van der Waals surface area contributed by atoms with Crippen LogP contribution in [0, 0.1) is 0 Å². The number of hydrogen-bond donors (Lipinski definition) is 0. The first-order valence-corrected chi connectivity index (χ1v) is 5.58. The number of Topliss-reactive ketones (excluding diaryl/α,β-unsaturated/α-hetero) is 1. The highest BCUT2D eigenvalue weighted by atomic mass is 19.4. The second-order valence-electron chi connectivity index (χ2n) is 4.27. The van der Waals surface area contributed by atoms with Gasteiger partial charge in [0.1, 0.15) is 6.61 Å². The molecule has 0 N–H and O–H groups in total. The van der Waals surface area contributed by atoms with Crippen LogP contribution in [0.15, 0.2) is 24.3 Å². The number of carbonyl (C=O) groups excluding carboxylic acids is 1. The average Bonchev–Trinajstić information content (AvgIpc) is 2.25. The summed E-state index contributed by atoms with van der Waals surface area (Å²) in [5.41, 5.74) is -0.389. The van der Waals surface area contributed by atoms with Gasteiger partial charge in [-0.3, -0.25) is 4.79 Å². The van der Waals surface area contributed by atoms with E-state index in [4.69, 9.17) is 4.74 Å². The second kappa shape index (κ2) is 6.00. The average molecular weight is 260 g/mol. The SMILES string of the molecule is CC(C)OCC(=O)Cc1cccc(C(F)(F)F)c1. The Balaban J connectivity index is 2.65. The number of benzene rings is 1. The van der Waals surface area contributed by atoms with Crippen LogP contribution >= 0.6 is 0 Å². The van der Waals surface area contributed by atoms with E-state index in [-0.39, 0.29) is 24.9 Å². The van der Waals surface area contributed by atoms with Crippen molar-refractivity contribution in [1.29, 1.82) is 0 Å². The van der Waals surface area contributed by atoms with Crippen LogP contribution < -0.4 is 0 Å². The van der Waals surface area contributed by atoms with Gasteiger partial charge in [0.2, 0.25) is 0 Å². The van der Waals surface area contributed by atoms with Gasteiger partial charge in [-0.1, -0.05) is 18.2 Å². The lowest BCUT2D eigenvalue weighted by Crippen LogP contribution is -2.15. The Hall–Kier alpha value is -1.36. The Bertz CT molecular complexity index is 411. The summed E-state index contributed by atoms with van der Waals surface area (Å²) in [6.07, 6.45) is -4.50. The standard InChI is InChI=1S/C13H15F3O2/c1-9(2)18-8-12(17)7-10-4-3-5-11(6-10)13(14,15)16/h3-6,9H,7-8H2,1-2H3. The van der Waals surface area contributed by atoms with E-state index in [1.165, 1.54) is 12.1 Å². The lowest BCUT2D eigenvalue weighted by atomic mass is 10.1. The first-order valence-electron chi connectivity index (χ1n) is 5.58. The molecule has 0 heterocycles. The number of halogens is 3. The molecule has 0 atom stereocenters. The van der Waals surface area contributed by atoms with Crippen molar-refractivity contribution in [3.8, 4) is 0 Å². The van der Waals surface area contributed by atoms with Crippen molar-refractivity contribution >= 4 is 5.78 Å². The number of alkyl halides is 3. The Labute approximate surface area is 104 Å². The van der Waals surface area contributed by atoms with E-state index in [1.807, 2.05) is 0 Å². The van der Waals surface area contributed by atoms with Crippen molar-refractivity contribution < 1.29 is 22.7 Å². The summed E-state index contributed by atoms with van der Waals surface area (Å²) in [7, 11) is 0. The highest BCUT2D eigenvalue weighted by molar-refractivity contribution is 5.82. The van der Waals surface area contributed by atoms with Crippen LogP contribution in [0.4, 0.5) is 13.2 Å². The Kier molecular flexibility index (Phi) is 4.90. The van der Waals surface area contributed by atoms with Gasteiger partial charge in [-0.25, -0.2) is 0 Å². The first-order chi connectivity index (χ1) is 8.29. The smallest absolute Gasteiger partial charge is 0.371 e. The molecule has 0 unspecified atom stereocenters. The van der Waals surface area contributed by atoms with Gasteiger partial charge in [0.15, 0.2) is 5.78 Å². The third-order valence-corrected chi connectivity index (χ3v) is 2.23. The van der Waals surface area contributed by atoms with E-state index < -0.39 is 11.7 Å². The van der Waals surface area contributed by atoms with Crippen molar-refractivity contribution in [3.63, 3.8) is 0 Å². The maximum atomic E-state index is 12.4. The Morgan fingerprint density at radius 2 is 2.00 bits per heavy atom. The lowest BCUT2D eigenvalue weighted by Gasteiger charge is -2.09. The van der Waals surface area contributed by atoms with Gasteiger partial charge in [-0.05, 0) is 25.5 Å². The number of carbonyl (C=O) groups is 1. The molecule has 0 spiro atoms. The van der Waals surface area contributed by atoms with Gasteiger partial charge in [-0.15, -0.1) is 0 Å². The topological polar surface area (TPSA) is 26.3 Å². The molecule has 0 bridgehead atoms. The van der Waals surface area contributed by atoms with Crippen LogP contribution in [-0.4, -0.2) is 18.5 Å². The van der Waals surface area contributed by atoms with Crippen molar-refractivity contribution in [2.45, 2.75) is 32.5 Å². The summed E-state index contributed by atoms with van der Waals surface area (Å²) < 4.78 is 42.5. The van der Waals surface area contributed by atoms with E-state index >= 15 is 0 Å². The van der Waals surface area contributed by atoms with Crippen LogP contribution in [0.1, 0.15) is 25.0 Å². The minimum absolute atomic E-state index is 0.0450. The molecule has 0 radical (unpaired) electrons. The van der Waals surface area contributed by atoms with Crippen LogP contribution in [-0.2, 0) is 22.1 Å². The maximum absolute atomic E-state index is 12.4. The first kappa shape index (κ1) is 14.7. The van der Waals surface area contributed by atoms with Crippen molar-refractivity contribution in [2.24, 2.45) is 0 Å². The van der Waals surface area contributed by atoms with E-state index in [9.17, 15) is 18.0 Å². The van der Waals surface area contributed by atoms with E-state index in [0.717, 1.165) is 12.1 Å². The number of ether oxygens (including phenoxy) is 1. The van der Waals surface area contributed by atoms with Gasteiger partial charge in [-0.2, -0.15) is 13.2 Å². The summed E-state index contributed by atoms with van der Waals surface area (Å²) in [5.74, 6) is -0.233. The van der Waals surface area contributed by atoms with Crippen LogP contribution in [0.5, 0.6) is 0 Å². The van der Waals surface area contributed by atoms with Gasteiger partial charge in [0.25, 0.3) is 0 Å². The summed E-state index contributed by atoms with van der Waals surface area (Å²) in [4.78, 5) is 11.5. The second-order valence-corrected chi connectivity index (χ2v) is 4.27. The molecule has 0 aromatic heterocycles. The molecule has 1 aromatic rings. The maximum Gasteiger partial charge on any atom is 0.416 e. The molecule has 0 aliphatic carbocycles. The minimum atomic E-state index is -4.38. The van der Waals surface area contributed by atoms with Gasteiger partial charge < -0.3 is 4.74 Å². The number of hydrogen-bond acceptors (Lipinski definition) is 2. The molecule has 0 aliphatic rings. The molecule has 0 amide bonds. The molecular formula is C13H15F3O2. The molecule has 0 aliphatic heterocycles. The lowest BCUT2D eigenvalue weighted by molar-refractivity contribution is -0.137.